The van der Waals surface area contributed by atoms with E-state index in [1.165, 1.54) is 18.3 Å². The minimum Gasteiger partial charge on any atom is -0.456 e. The van der Waals surface area contributed by atoms with Crippen LogP contribution in [0, 0.1) is 10.1 Å². The topological polar surface area (TPSA) is 140 Å². The van der Waals surface area contributed by atoms with E-state index in [4.69, 9.17) is 4.74 Å². The van der Waals surface area contributed by atoms with Crippen molar-refractivity contribution in [3.63, 3.8) is 0 Å². The summed E-state index contributed by atoms with van der Waals surface area (Å²) in [6.07, 6.45) is 1.50. The summed E-state index contributed by atoms with van der Waals surface area (Å²) in [6.45, 7) is -1.34. The van der Waals surface area contributed by atoms with E-state index in [-0.39, 0.29) is 11.1 Å². The second kappa shape index (κ2) is 7.24. The second-order valence-corrected chi connectivity index (χ2v) is 6.49. The van der Waals surface area contributed by atoms with Crippen LogP contribution in [-0.2, 0) is 9.53 Å². The van der Waals surface area contributed by atoms with Crippen LogP contribution in [0.1, 0.15) is 31.1 Å². The zero-order valence-corrected chi connectivity index (χ0v) is 15.3. The fraction of sp³-hybridized carbons (Fsp3) is 0.100. The number of aromatic nitrogens is 1. The van der Waals surface area contributed by atoms with Gasteiger partial charge in [-0.2, -0.15) is 0 Å². The Labute approximate surface area is 168 Å². The van der Waals surface area contributed by atoms with Crippen molar-refractivity contribution in [3.8, 4) is 0 Å². The van der Waals surface area contributed by atoms with Gasteiger partial charge in [-0.05, 0) is 12.1 Å². The monoisotopic (exact) mass is 407 g/mol. The van der Waals surface area contributed by atoms with Crippen LogP contribution in [0.5, 0.6) is 0 Å². The molecule has 10 heteroatoms. The molecule has 0 saturated heterocycles. The molecule has 30 heavy (non-hydrogen) atoms. The molecule has 0 unspecified atom stereocenters. The fourth-order valence-corrected chi connectivity index (χ4v) is 3.31. The Morgan fingerprint density at radius 1 is 1.07 bits per heavy atom. The molecular weight excluding hydrogens is 394 g/mol. The number of hydrogen-bond donors (Lipinski definition) is 1. The Morgan fingerprint density at radius 2 is 1.83 bits per heavy atom. The lowest BCUT2D eigenvalue weighted by Crippen LogP contribution is -2.36. The summed E-state index contributed by atoms with van der Waals surface area (Å²) < 4.78 is 4.93. The molecule has 1 N–H and O–H groups in total. The maximum atomic E-state index is 12.5. The lowest BCUT2D eigenvalue weighted by Gasteiger charge is -2.12. The van der Waals surface area contributed by atoms with Gasteiger partial charge in [-0.1, -0.05) is 24.3 Å². The van der Waals surface area contributed by atoms with Gasteiger partial charge in [0.15, 0.2) is 6.61 Å². The van der Waals surface area contributed by atoms with Gasteiger partial charge < -0.3 is 9.72 Å². The summed E-state index contributed by atoms with van der Waals surface area (Å²) in [4.78, 5) is 63.2. The first-order chi connectivity index (χ1) is 14.4. The second-order valence-electron chi connectivity index (χ2n) is 6.49. The molecule has 2 heterocycles. The zero-order valence-electron chi connectivity index (χ0n) is 15.3. The van der Waals surface area contributed by atoms with Crippen molar-refractivity contribution in [3.05, 3.63) is 75.5 Å². The molecular formula is C20H13N3O7. The van der Waals surface area contributed by atoms with Crippen LogP contribution >= 0.6 is 0 Å². The summed E-state index contributed by atoms with van der Waals surface area (Å²) in [7, 11) is 0. The van der Waals surface area contributed by atoms with Crippen LogP contribution in [-0.4, -0.2) is 51.5 Å². The summed E-state index contributed by atoms with van der Waals surface area (Å²) in [5.41, 5.74) is 0.0535. The van der Waals surface area contributed by atoms with Gasteiger partial charge in [-0.15, -0.1) is 0 Å². The number of benzene rings is 2. The van der Waals surface area contributed by atoms with E-state index in [1.54, 1.807) is 24.3 Å². The number of carbonyl (C=O) groups is 4. The molecule has 0 fully saturated rings. The van der Waals surface area contributed by atoms with E-state index in [0.717, 1.165) is 11.6 Å². The summed E-state index contributed by atoms with van der Waals surface area (Å²) >= 11 is 0. The van der Waals surface area contributed by atoms with Gasteiger partial charge in [0, 0.05) is 28.7 Å². The highest BCUT2D eigenvalue weighted by atomic mass is 16.6. The number of imide groups is 1. The number of nitrogens with one attached hydrogen (secondary N) is 1. The van der Waals surface area contributed by atoms with Crippen LogP contribution in [0.4, 0.5) is 5.69 Å². The van der Waals surface area contributed by atoms with E-state index >= 15 is 0 Å². The average molecular weight is 407 g/mol. The highest BCUT2D eigenvalue weighted by Crippen LogP contribution is 2.30. The number of nitro benzene ring substituents is 1. The third kappa shape index (κ3) is 3.09. The van der Waals surface area contributed by atoms with Crippen molar-refractivity contribution >= 4 is 40.2 Å². The number of amides is 2. The largest absolute Gasteiger partial charge is 0.456 e. The number of aromatic amines is 1. The van der Waals surface area contributed by atoms with Crippen LogP contribution in [0.25, 0.3) is 10.9 Å². The van der Waals surface area contributed by atoms with Gasteiger partial charge in [0.25, 0.3) is 17.5 Å². The Hall–Kier alpha value is -4.34. The highest BCUT2D eigenvalue weighted by molar-refractivity contribution is 6.24. The molecule has 1 aromatic heterocycles. The van der Waals surface area contributed by atoms with E-state index in [9.17, 15) is 29.3 Å². The van der Waals surface area contributed by atoms with E-state index in [0.29, 0.717) is 15.8 Å². The number of H-pyrrole nitrogens is 1. The summed E-state index contributed by atoms with van der Waals surface area (Å²) in [5.74, 6) is -3.24. The first-order valence-corrected chi connectivity index (χ1v) is 8.77. The molecule has 4 rings (SSSR count). The van der Waals surface area contributed by atoms with Crippen molar-refractivity contribution in [1.82, 2.24) is 9.88 Å². The summed E-state index contributed by atoms with van der Waals surface area (Å²) in [5, 5.41) is 11.8. The van der Waals surface area contributed by atoms with Crippen LogP contribution in [0.15, 0.2) is 48.7 Å². The predicted octanol–water partition coefficient (Wildman–Crippen LogP) is 2.10. The third-order valence-corrected chi connectivity index (χ3v) is 4.71. The van der Waals surface area contributed by atoms with Gasteiger partial charge in [-0.3, -0.25) is 34.2 Å². The lowest BCUT2D eigenvalue weighted by atomic mass is 10.1. The minimum atomic E-state index is -0.986. The number of carbonyl (C=O) groups excluding carboxylic acids is 4. The Bertz CT molecular complexity index is 1240. The number of hydrogen-bond acceptors (Lipinski definition) is 7. The molecule has 0 saturated carbocycles. The van der Waals surface area contributed by atoms with Crippen LogP contribution in [0.2, 0.25) is 0 Å². The quantitative estimate of drug-likeness (QED) is 0.217. The molecule has 3 aromatic rings. The molecule has 150 valence electrons. The molecule has 10 nitrogen and oxygen atoms in total. The maximum absolute atomic E-state index is 12.5. The summed E-state index contributed by atoms with van der Waals surface area (Å²) in [6, 6.07) is 10.8. The first kappa shape index (κ1) is 19.0. The fourth-order valence-electron chi connectivity index (χ4n) is 3.31. The van der Waals surface area contributed by atoms with Crippen LogP contribution < -0.4 is 0 Å². The molecule has 2 amide bonds. The SMILES string of the molecule is O=C(CN1C(=O)c2cccc([N+](=O)[O-])c2C1=O)OCC(=O)c1c[nH]c2ccccc12. The molecule has 0 bridgehead atoms. The van der Waals surface area contributed by atoms with E-state index < -0.39 is 47.3 Å². The smallest absolute Gasteiger partial charge is 0.326 e. The normalized spacial score (nSPS) is 12.9. The van der Waals surface area contributed by atoms with Crippen molar-refractivity contribution in [2.24, 2.45) is 0 Å². The lowest BCUT2D eigenvalue weighted by molar-refractivity contribution is -0.385. The Balaban J connectivity index is 1.44. The number of fused-ring (bicyclic) bond motifs is 2. The third-order valence-electron chi connectivity index (χ3n) is 4.71. The predicted molar refractivity (Wildman–Crippen MR) is 102 cm³/mol. The number of esters is 1. The number of nitrogens with zero attached hydrogens (tertiary/aromatic N) is 2. The Kier molecular flexibility index (Phi) is 4.59. The van der Waals surface area contributed by atoms with Crippen molar-refractivity contribution in [1.29, 1.82) is 0 Å². The minimum absolute atomic E-state index is 0.156. The van der Waals surface area contributed by atoms with Gasteiger partial charge in [-0.25, -0.2) is 0 Å². The standard InChI is InChI=1S/C20H13N3O7/c24-16(13-8-21-14-6-2-1-4-11(13)14)10-30-17(25)9-22-19(26)12-5-3-7-15(23(28)29)18(12)20(22)27/h1-8,21H,9-10H2. The van der Waals surface area contributed by atoms with Crippen molar-refractivity contribution in [2.75, 3.05) is 13.2 Å². The maximum Gasteiger partial charge on any atom is 0.326 e. The van der Waals surface area contributed by atoms with Crippen molar-refractivity contribution < 1.29 is 28.8 Å². The first-order valence-electron chi connectivity index (χ1n) is 8.77. The number of ether oxygens (including phenoxy) is 1. The molecule has 0 aliphatic carbocycles. The van der Waals surface area contributed by atoms with Gasteiger partial charge in [0.05, 0.1) is 10.5 Å². The Morgan fingerprint density at radius 3 is 2.60 bits per heavy atom. The molecule has 0 spiro atoms. The molecule has 1 aliphatic heterocycles. The zero-order chi connectivity index (χ0) is 21.4. The van der Waals surface area contributed by atoms with E-state index in [1.807, 2.05) is 0 Å². The average Bonchev–Trinajstić information content (AvgIpc) is 3.27. The molecule has 0 radical (unpaired) electrons. The van der Waals surface area contributed by atoms with Gasteiger partial charge in [0.2, 0.25) is 5.78 Å². The molecule has 1 aliphatic rings. The van der Waals surface area contributed by atoms with E-state index in [2.05, 4.69) is 4.98 Å². The number of rotatable bonds is 6. The van der Waals surface area contributed by atoms with Gasteiger partial charge in [0.1, 0.15) is 12.1 Å². The van der Waals surface area contributed by atoms with Crippen LogP contribution in [0.3, 0.4) is 0 Å². The number of Topliss-reactive ketones (excluding diaryl/α,β-unsaturated/α-hetero) is 1. The number of para-hydroxylation sites is 1. The molecule has 2 aromatic carbocycles. The highest BCUT2D eigenvalue weighted by Gasteiger charge is 2.42. The van der Waals surface area contributed by atoms with Crippen molar-refractivity contribution in [2.45, 2.75) is 0 Å². The van der Waals surface area contributed by atoms with Gasteiger partial charge >= 0.3 is 5.97 Å². The number of nitro groups is 1. The number of ketones is 1. The molecule has 0 atom stereocenters.